The Morgan fingerprint density at radius 1 is 0.568 bits per heavy atom. The highest BCUT2D eigenvalue weighted by atomic mass is 16.7. The van der Waals surface area contributed by atoms with Gasteiger partial charge in [-0.2, -0.15) is 0 Å². The van der Waals surface area contributed by atoms with Gasteiger partial charge in [0.15, 0.2) is 0 Å². The van der Waals surface area contributed by atoms with Gasteiger partial charge in [-0.1, -0.05) is 86.3 Å². The molecule has 0 spiro atoms. The lowest BCUT2D eigenvalue weighted by molar-refractivity contribution is -0.169. The van der Waals surface area contributed by atoms with Crippen molar-refractivity contribution < 1.29 is 38.0 Å². The lowest BCUT2D eigenvalue weighted by Crippen LogP contribution is -2.36. The number of hydrogen-bond acceptors (Lipinski definition) is 8. The summed E-state index contributed by atoms with van der Waals surface area (Å²) in [5.74, 6) is -0.617. The Balaban J connectivity index is 1.33. The number of carbonyl (C=O) groups is 2. The molecular formula is C36H44O8. The highest BCUT2D eigenvalue weighted by Gasteiger charge is 2.39. The number of methoxy groups -OCH3 is 2. The van der Waals surface area contributed by atoms with E-state index < -0.39 is 24.5 Å². The molecule has 0 radical (unpaired) electrons. The van der Waals surface area contributed by atoms with Crippen LogP contribution in [0.2, 0.25) is 0 Å². The average molecular weight is 605 g/mol. The van der Waals surface area contributed by atoms with Crippen molar-refractivity contribution in [2.45, 2.75) is 75.8 Å². The van der Waals surface area contributed by atoms with Crippen molar-refractivity contribution in [2.24, 2.45) is 11.8 Å². The maximum absolute atomic E-state index is 13.1. The molecule has 8 rings (SSSR count). The summed E-state index contributed by atoms with van der Waals surface area (Å²) in [6.07, 6.45) is 9.17. The molecule has 1 fully saturated rings. The van der Waals surface area contributed by atoms with Gasteiger partial charge in [-0.15, -0.1) is 0 Å². The minimum absolute atomic E-state index is 0.00833. The summed E-state index contributed by atoms with van der Waals surface area (Å²) >= 11 is 0. The van der Waals surface area contributed by atoms with Gasteiger partial charge in [-0.3, -0.25) is 0 Å². The van der Waals surface area contributed by atoms with Crippen molar-refractivity contribution in [3.8, 4) is 0 Å². The third-order valence-electron chi connectivity index (χ3n) is 8.84. The number of carbonyl (C=O) groups excluding carboxylic acids is 2. The summed E-state index contributed by atoms with van der Waals surface area (Å²) in [4.78, 5) is 26.2. The first kappa shape index (κ1) is 31.8. The van der Waals surface area contributed by atoms with E-state index in [0.717, 1.165) is 49.7 Å². The number of rotatable bonds is 4. The first-order valence-electron chi connectivity index (χ1n) is 15.9. The molecule has 0 aliphatic carbocycles. The standard InChI is InChI=1S/C36H44O8/c1-39-35-27-19-11-5-13-22-42-34(38)32-24-30(26-17-9-4-10-18-26)28(36(40-2)44-32)20-12-6-14-21-41-33(37)31(43-35)23-29(27)25-15-7-3-8-16-25/h3-4,7-10,15-18,23-24,27-30,35-36H,5-6,11-14,19-22H2,1-2H3/t27?,28?,29-,30+,35+,36-. The largest absolute Gasteiger partial charge is 0.460 e. The predicted molar refractivity (Wildman–Crippen MR) is 164 cm³/mol. The van der Waals surface area contributed by atoms with Crippen LogP contribution in [0.4, 0.5) is 0 Å². The van der Waals surface area contributed by atoms with Crippen LogP contribution in [-0.2, 0) is 38.0 Å². The molecule has 236 valence electrons. The summed E-state index contributed by atoms with van der Waals surface area (Å²) in [6, 6.07) is 20.2. The zero-order valence-electron chi connectivity index (χ0n) is 25.7. The van der Waals surface area contributed by atoms with Crippen LogP contribution in [0.3, 0.4) is 0 Å². The Hall–Kier alpha value is -3.62. The van der Waals surface area contributed by atoms with Gasteiger partial charge in [0.25, 0.3) is 0 Å². The number of esters is 2. The van der Waals surface area contributed by atoms with Crippen molar-refractivity contribution >= 4 is 11.9 Å². The van der Waals surface area contributed by atoms with E-state index in [1.807, 2.05) is 48.6 Å². The lowest BCUT2D eigenvalue weighted by atomic mass is 9.80. The molecule has 1 saturated heterocycles. The van der Waals surface area contributed by atoms with Gasteiger partial charge in [0.05, 0.1) is 13.2 Å². The number of ether oxygens (including phenoxy) is 6. The van der Waals surface area contributed by atoms with Crippen molar-refractivity contribution in [1.29, 1.82) is 0 Å². The Morgan fingerprint density at radius 2 is 0.977 bits per heavy atom. The second-order valence-corrected chi connectivity index (χ2v) is 11.7. The van der Waals surface area contributed by atoms with E-state index in [1.54, 1.807) is 14.2 Å². The predicted octanol–water partition coefficient (Wildman–Crippen LogP) is 6.78. The van der Waals surface area contributed by atoms with Crippen LogP contribution in [0.1, 0.15) is 74.3 Å². The quantitative estimate of drug-likeness (QED) is 0.353. The smallest absolute Gasteiger partial charge is 0.373 e. The Morgan fingerprint density at radius 3 is 1.36 bits per heavy atom. The van der Waals surface area contributed by atoms with E-state index in [2.05, 4.69) is 24.3 Å². The number of benzene rings is 2. The molecule has 0 aromatic heterocycles. The van der Waals surface area contributed by atoms with Crippen LogP contribution in [0, 0.1) is 11.8 Å². The van der Waals surface area contributed by atoms with E-state index in [1.165, 1.54) is 0 Å². The van der Waals surface area contributed by atoms with Crippen LogP contribution in [-0.4, -0.2) is 52.0 Å². The first-order chi connectivity index (χ1) is 21.6. The molecule has 0 N–H and O–H groups in total. The molecule has 2 aromatic carbocycles. The van der Waals surface area contributed by atoms with Gasteiger partial charge in [0.1, 0.15) is 0 Å². The fourth-order valence-corrected chi connectivity index (χ4v) is 6.55. The molecule has 4 bridgehead atoms. The molecule has 8 nitrogen and oxygen atoms in total. The van der Waals surface area contributed by atoms with Crippen LogP contribution < -0.4 is 0 Å². The maximum Gasteiger partial charge on any atom is 0.373 e. The molecule has 8 heteroatoms. The Kier molecular flexibility index (Phi) is 11.5. The van der Waals surface area contributed by atoms with Crippen LogP contribution in [0.25, 0.3) is 0 Å². The third-order valence-corrected chi connectivity index (χ3v) is 8.84. The van der Waals surface area contributed by atoms with Gasteiger partial charge in [0.2, 0.25) is 24.1 Å². The molecule has 6 aliphatic rings. The van der Waals surface area contributed by atoms with E-state index >= 15 is 0 Å². The monoisotopic (exact) mass is 604 g/mol. The molecule has 2 unspecified atom stereocenters. The highest BCUT2D eigenvalue weighted by molar-refractivity contribution is 5.87. The average Bonchev–Trinajstić information content (AvgIpc) is 3.07. The maximum atomic E-state index is 13.1. The van der Waals surface area contributed by atoms with E-state index in [-0.39, 0.29) is 35.2 Å². The van der Waals surface area contributed by atoms with E-state index in [9.17, 15) is 9.59 Å². The molecule has 44 heavy (non-hydrogen) atoms. The summed E-state index contributed by atoms with van der Waals surface area (Å²) in [5.41, 5.74) is 2.20. The SMILES string of the molecule is CO[C@H]1OC2=C[C@H](c3ccccc3)C1CCCCCOC(=O)C1=C[C@@H](c3ccccc3)C(CCCCCOC2=O)[C@H](OC)O1. The molecule has 6 heterocycles. The van der Waals surface area contributed by atoms with Crippen LogP contribution in [0.15, 0.2) is 84.3 Å². The Bertz CT molecular complexity index is 1170. The molecule has 6 aliphatic heterocycles. The topological polar surface area (TPSA) is 89.5 Å². The fraction of sp³-hybridized carbons (Fsp3) is 0.500. The van der Waals surface area contributed by atoms with Crippen molar-refractivity contribution in [3.05, 3.63) is 95.5 Å². The fourth-order valence-electron chi connectivity index (χ4n) is 6.55. The minimum atomic E-state index is -0.575. The third kappa shape index (κ3) is 7.90. The van der Waals surface area contributed by atoms with Crippen molar-refractivity contribution in [3.63, 3.8) is 0 Å². The summed E-state index contributed by atoms with van der Waals surface area (Å²) in [6.45, 7) is 0.590. The summed E-state index contributed by atoms with van der Waals surface area (Å²) < 4.78 is 35.0. The zero-order valence-corrected chi connectivity index (χ0v) is 25.7. The summed E-state index contributed by atoms with van der Waals surface area (Å²) in [5, 5.41) is 0. The second kappa shape index (κ2) is 15.9. The number of allylic oxidation sites excluding steroid dienone is 2. The van der Waals surface area contributed by atoms with Gasteiger partial charge in [0, 0.05) is 37.9 Å². The number of hydrogen-bond donors (Lipinski definition) is 0. The van der Waals surface area contributed by atoms with Crippen LogP contribution >= 0.6 is 0 Å². The highest BCUT2D eigenvalue weighted by Crippen LogP contribution is 2.41. The van der Waals surface area contributed by atoms with E-state index in [4.69, 9.17) is 28.4 Å². The first-order valence-corrected chi connectivity index (χ1v) is 15.9. The second-order valence-electron chi connectivity index (χ2n) is 11.7. The molecular weight excluding hydrogens is 560 g/mol. The summed E-state index contributed by atoms with van der Waals surface area (Å²) in [7, 11) is 3.22. The van der Waals surface area contributed by atoms with Gasteiger partial charge in [-0.05, 0) is 49.0 Å². The van der Waals surface area contributed by atoms with E-state index in [0.29, 0.717) is 26.1 Å². The van der Waals surface area contributed by atoms with Gasteiger partial charge in [-0.25, -0.2) is 9.59 Å². The normalized spacial score (nSPS) is 29.0. The van der Waals surface area contributed by atoms with Gasteiger partial charge >= 0.3 is 11.9 Å². The molecule has 0 saturated carbocycles. The van der Waals surface area contributed by atoms with Crippen molar-refractivity contribution in [2.75, 3.05) is 27.4 Å². The minimum Gasteiger partial charge on any atom is -0.460 e. The molecule has 0 amide bonds. The molecule has 2 aromatic rings. The lowest BCUT2D eigenvalue weighted by Gasteiger charge is -2.36. The Labute approximate surface area is 260 Å². The molecule has 6 atom stereocenters. The van der Waals surface area contributed by atoms with Crippen molar-refractivity contribution in [1.82, 2.24) is 0 Å². The van der Waals surface area contributed by atoms with Crippen LogP contribution in [0.5, 0.6) is 0 Å². The van der Waals surface area contributed by atoms with Gasteiger partial charge < -0.3 is 28.4 Å². The zero-order chi connectivity index (χ0) is 30.7.